The molecule has 0 aliphatic carbocycles. The summed E-state index contributed by atoms with van der Waals surface area (Å²) in [5.41, 5.74) is 5.05. The van der Waals surface area contributed by atoms with E-state index in [1.807, 2.05) is 121 Å². The Morgan fingerprint density at radius 1 is 0.429 bits per heavy atom. The highest BCUT2D eigenvalue weighted by Crippen LogP contribution is 2.25. The summed E-state index contributed by atoms with van der Waals surface area (Å²) in [5.74, 6) is 0. The van der Waals surface area contributed by atoms with Gasteiger partial charge >= 0.3 is 0 Å². The average Bonchev–Trinajstić information content (AvgIpc) is 3.06. The van der Waals surface area contributed by atoms with E-state index in [1.165, 1.54) is 0 Å². The van der Waals surface area contributed by atoms with Gasteiger partial charge in [-0.2, -0.15) is 21.0 Å². The Morgan fingerprint density at radius 3 is 1.19 bits per heavy atom. The Balaban J connectivity index is 1.51. The molecular formula is C34H18N8. The molecule has 0 saturated carbocycles. The van der Waals surface area contributed by atoms with Crippen molar-refractivity contribution in [3.63, 3.8) is 0 Å². The maximum atomic E-state index is 9.49. The number of rotatable bonds is 6. The lowest BCUT2D eigenvalue weighted by Crippen LogP contribution is -2.01. The van der Waals surface area contributed by atoms with E-state index in [0.717, 1.165) is 22.3 Å². The molecule has 0 unspecified atom stereocenters. The summed E-state index contributed by atoms with van der Waals surface area (Å²) < 4.78 is 0. The molecule has 194 valence electrons. The molecule has 5 aromatic rings. The Kier molecular flexibility index (Phi) is 7.93. The van der Waals surface area contributed by atoms with Crippen LogP contribution in [0.2, 0.25) is 0 Å². The number of benzene rings is 3. The molecule has 2 aromatic heterocycles. The van der Waals surface area contributed by atoms with E-state index in [9.17, 15) is 21.0 Å². The van der Waals surface area contributed by atoms with Gasteiger partial charge in [0.2, 0.25) is 0 Å². The minimum absolute atomic E-state index is 0.0269. The zero-order valence-corrected chi connectivity index (χ0v) is 22.0. The number of aromatic nitrogens is 4. The van der Waals surface area contributed by atoms with Crippen LogP contribution in [0.5, 0.6) is 0 Å². The van der Waals surface area contributed by atoms with Crippen molar-refractivity contribution in [2.45, 2.75) is 0 Å². The summed E-state index contributed by atoms with van der Waals surface area (Å²) in [6.07, 6.45) is 7.23. The summed E-state index contributed by atoms with van der Waals surface area (Å²) in [6, 6.07) is 34.2. The molecule has 0 saturated heterocycles. The molecule has 0 spiro atoms. The van der Waals surface area contributed by atoms with Gasteiger partial charge < -0.3 is 0 Å². The van der Waals surface area contributed by atoms with Gasteiger partial charge in [-0.05, 0) is 29.3 Å². The molecule has 0 aliphatic rings. The lowest BCUT2D eigenvalue weighted by Gasteiger charge is -2.07. The van der Waals surface area contributed by atoms with Crippen molar-refractivity contribution in [1.82, 2.24) is 19.9 Å². The summed E-state index contributed by atoms with van der Waals surface area (Å²) in [4.78, 5) is 17.7. The second-order valence-electron chi connectivity index (χ2n) is 8.83. The van der Waals surface area contributed by atoms with E-state index in [2.05, 4.69) is 19.9 Å². The molecule has 3 aromatic carbocycles. The lowest BCUT2D eigenvalue weighted by molar-refractivity contribution is 1.12. The summed E-state index contributed by atoms with van der Waals surface area (Å²) in [6.45, 7) is 0. The third kappa shape index (κ3) is 5.80. The van der Waals surface area contributed by atoms with Crippen LogP contribution in [0.3, 0.4) is 0 Å². The van der Waals surface area contributed by atoms with E-state index in [-0.39, 0.29) is 22.8 Å². The molecule has 0 amide bonds. The van der Waals surface area contributed by atoms with Crippen LogP contribution in [0.4, 0.5) is 0 Å². The Bertz CT molecular complexity index is 1870. The quantitative estimate of drug-likeness (QED) is 0.240. The summed E-state index contributed by atoms with van der Waals surface area (Å²) >= 11 is 0. The van der Waals surface area contributed by atoms with Crippen LogP contribution in [0, 0.1) is 45.3 Å². The van der Waals surface area contributed by atoms with Gasteiger partial charge in [0.15, 0.2) is 22.8 Å². The highest BCUT2D eigenvalue weighted by molar-refractivity contribution is 5.80. The fraction of sp³-hybridized carbons (Fsp3) is 0. The van der Waals surface area contributed by atoms with Gasteiger partial charge in [-0.25, -0.2) is 19.9 Å². The van der Waals surface area contributed by atoms with Crippen molar-refractivity contribution >= 4 is 24.3 Å². The number of nitrogens with zero attached hydrogens (tertiary/aromatic N) is 8. The van der Waals surface area contributed by atoms with Gasteiger partial charge in [-0.1, -0.05) is 91.0 Å². The van der Waals surface area contributed by atoms with E-state index < -0.39 is 0 Å². The van der Waals surface area contributed by atoms with Gasteiger partial charge in [0.05, 0.1) is 22.8 Å². The highest BCUT2D eigenvalue weighted by atomic mass is 14.9. The molecule has 2 heterocycles. The first kappa shape index (κ1) is 26.9. The van der Waals surface area contributed by atoms with E-state index >= 15 is 0 Å². The van der Waals surface area contributed by atoms with Gasteiger partial charge in [0.1, 0.15) is 24.3 Å². The Hall–Kier alpha value is -6.74. The zero-order valence-electron chi connectivity index (χ0n) is 22.0. The predicted molar refractivity (Wildman–Crippen MR) is 158 cm³/mol. The topological polar surface area (TPSA) is 147 Å². The van der Waals surface area contributed by atoms with Crippen molar-refractivity contribution < 1.29 is 0 Å². The van der Waals surface area contributed by atoms with Crippen LogP contribution in [0.15, 0.2) is 84.9 Å². The van der Waals surface area contributed by atoms with E-state index in [1.54, 1.807) is 12.2 Å². The average molecular weight is 539 g/mol. The third-order valence-corrected chi connectivity index (χ3v) is 6.14. The molecule has 0 radical (unpaired) electrons. The summed E-state index contributed by atoms with van der Waals surface area (Å²) in [7, 11) is 0. The Morgan fingerprint density at radius 2 is 0.810 bits per heavy atom. The van der Waals surface area contributed by atoms with Gasteiger partial charge in [0, 0.05) is 11.1 Å². The standard InChI is InChI=1S/C34H18N8/c35-19-29-31(21-37)41-33(25-10-3-1-4-11-25)27(39-29)16-14-23-8-7-9-24(18-23)15-17-28-34(26-12-5-2-6-13-26)42-32(22-38)30(20-36)40-28/h1-18H/b16-14+,17-15+. The molecule has 42 heavy (non-hydrogen) atoms. The molecule has 8 nitrogen and oxygen atoms in total. The van der Waals surface area contributed by atoms with Crippen molar-refractivity contribution in [2.24, 2.45) is 0 Å². The van der Waals surface area contributed by atoms with Crippen LogP contribution in [0.1, 0.15) is 45.3 Å². The van der Waals surface area contributed by atoms with Crippen molar-refractivity contribution in [1.29, 1.82) is 21.0 Å². The second-order valence-corrected chi connectivity index (χ2v) is 8.83. The van der Waals surface area contributed by atoms with Crippen molar-refractivity contribution in [3.8, 4) is 46.8 Å². The number of nitriles is 4. The van der Waals surface area contributed by atoms with Crippen molar-refractivity contribution in [2.75, 3.05) is 0 Å². The molecule has 0 bridgehead atoms. The molecule has 0 N–H and O–H groups in total. The zero-order chi connectivity index (χ0) is 29.3. The molecular weight excluding hydrogens is 520 g/mol. The second kappa shape index (κ2) is 12.4. The monoisotopic (exact) mass is 538 g/mol. The first-order valence-electron chi connectivity index (χ1n) is 12.6. The maximum Gasteiger partial charge on any atom is 0.177 e. The predicted octanol–water partition coefficient (Wildman–Crippen LogP) is 6.43. The highest BCUT2D eigenvalue weighted by Gasteiger charge is 2.15. The minimum Gasteiger partial charge on any atom is -0.232 e. The van der Waals surface area contributed by atoms with Crippen molar-refractivity contribution in [3.05, 3.63) is 130 Å². The van der Waals surface area contributed by atoms with Gasteiger partial charge in [-0.15, -0.1) is 0 Å². The molecule has 5 rings (SSSR count). The number of hydrogen-bond donors (Lipinski definition) is 0. The van der Waals surface area contributed by atoms with Crippen LogP contribution in [-0.2, 0) is 0 Å². The van der Waals surface area contributed by atoms with Crippen LogP contribution >= 0.6 is 0 Å². The fourth-order valence-corrected chi connectivity index (χ4v) is 4.17. The SMILES string of the molecule is N#Cc1nc(/C=C/c2cccc(/C=C/c3nc(C#N)c(C#N)nc3-c3ccccc3)c2)c(-c2ccccc2)nc1C#N. The normalized spacial score (nSPS) is 10.6. The fourth-order valence-electron chi connectivity index (χ4n) is 4.17. The first-order chi connectivity index (χ1) is 20.6. The molecule has 0 aliphatic heterocycles. The summed E-state index contributed by atoms with van der Waals surface area (Å²) in [5, 5.41) is 37.9. The van der Waals surface area contributed by atoms with Crippen LogP contribution in [-0.4, -0.2) is 19.9 Å². The smallest absolute Gasteiger partial charge is 0.177 e. The van der Waals surface area contributed by atoms with Crippen LogP contribution < -0.4 is 0 Å². The third-order valence-electron chi connectivity index (χ3n) is 6.14. The molecule has 8 heteroatoms. The van der Waals surface area contributed by atoms with E-state index in [0.29, 0.717) is 22.8 Å². The minimum atomic E-state index is -0.0389. The Labute approximate surface area is 242 Å². The molecule has 0 atom stereocenters. The lowest BCUT2D eigenvalue weighted by atomic mass is 10.1. The largest absolute Gasteiger partial charge is 0.232 e. The van der Waals surface area contributed by atoms with Gasteiger partial charge in [0.25, 0.3) is 0 Å². The maximum absolute atomic E-state index is 9.49. The molecule has 0 fully saturated rings. The first-order valence-corrected chi connectivity index (χ1v) is 12.6. The van der Waals surface area contributed by atoms with Gasteiger partial charge in [-0.3, -0.25) is 0 Å². The van der Waals surface area contributed by atoms with E-state index in [4.69, 9.17) is 0 Å². The number of hydrogen-bond acceptors (Lipinski definition) is 8. The van der Waals surface area contributed by atoms with Crippen LogP contribution in [0.25, 0.3) is 46.8 Å².